The maximum Gasteiger partial charge on any atom is 0.306 e. The van der Waals surface area contributed by atoms with Crippen molar-refractivity contribution in [2.75, 3.05) is 19.8 Å². The van der Waals surface area contributed by atoms with Gasteiger partial charge in [0.15, 0.2) is 0 Å². The highest BCUT2D eigenvalue weighted by atomic mass is 16.7. The summed E-state index contributed by atoms with van der Waals surface area (Å²) in [6.45, 7) is 7.54. The van der Waals surface area contributed by atoms with Crippen LogP contribution >= 0.6 is 0 Å². The van der Waals surface area contributed by atoms with Gasteiger partial charge in [0.1, 0.15) is 6.61 Å². The van der Waals surface area contributed by atoms with E-state index >= 15 is 0 Å². The lowest BCUT2D eigenvalue weighted by molar-refractivity contribution is -0.142. The van der Waals surface area contributed by atoms with E-state index in [1.807, 2.05) is 26.0 Å². The summed E-state index contributed by atoms with van der Waals surface area (Å²) < 4.78 is 15.8. The van der Waals surface area contributed by atoms with Gasteiger partial charge in [-0.05, 0) is 39.0 Å². The first-order valence-electron chi connectivity index (χ1n) is 8.76. The Morgan fingerprint density at radius 2 is 1.78 bits per heavy atom. The van der Waals surface area contributed by atoms with Gasteiger partial charge in [0, 0.05) is 26.1 Å². The molecule has 0 aromatic heterocycles. The fraction of sp³-hybridized carbons (Fsp3) is 0.737. The molecule has 0 saturated heterocycles. The van der Waals surface area contributed by atoms with Crippen LogP contribution in [-0.2, 0) is 19.0 Å². The summed E-state index contributed by atoms with van der Waals surface area (Å²) >= 11 is 0. The summed E-state index contributed by atoms with van der Waals surface area (Å²) in [5, 5.41) is 0. The summed E-state index contributed by atoms with van der Waals surface area (Å²) in [6.07, 6.45) is 9.76. The molecule has 23 heavy (non-hydrogen) atoms. The van der Waals surface area contributed by atoms with E-state index in [0.717, 1.165) is 38.5 Å². The normalized spacial score (nSPS) is 10.8. The molecule has 0 bridgehead atoms. The molecule has 0 heterocycles. The van der Waals surface area contributed by atoms with Crippen molar-refractivity contribution in [1.29, 1.82) is 0 Å². The Bertz CT molecular complexity index is 359. The van der Waals surface area contributed by atoms with Crippen LogP contribution in [0.5, 0.6) is 0 Å². The lowest BCUT2D eigenvalue weighted by atomic mass is 10.1. The minimum absolute atomic E-state index is 0.120. The number of hydrogen-bond donors (Lipinski definition) is 0. The van der Waals surface area contributed by atoms with Crippen molar-refractivity contribution in [3.63, 3.8) is 0 Å². The third-order valence-corrected chi connectivity index (χ3v) is 3.00. The van der Waals surface area contributed by atoms with Crippen LogP contribution in [0.25, 0.3) is 0 Å². The standard InChI is InChI=1S/C19H32O4/c1-4-7-8-14-17-23-18(20)15-12-10-9-11-13-16-19(21-5-2)22-6-3/h8,14,19H,4-7,9-12,15,17H2,1-3H3/b14-8+. The zero-order chi connectivity index (χ0) is 17.2. The zero-order valence-electron chi connectivity index (χ0n) is 14.9. The Hall–Kier alpha value is -1.31. The Kier molecular flexibility index (Phi) is 16.1. The molecule has 0 rings (SSSR count). The molecular formula is C19H32O4. The fourth-order valence-corrected chi connectivity index (χ4v) is 1.81. The molecule has 0 spiro atoms. The van der Waals surface area contributed by atoms with Crippen LogP contribution in [0.15, 0.2) is 12.2 Å². The molecule has 4 heteroatoms. The second kappa shape index (κ2) is 17.1. The molecule has 0 amide bonds. The average molecular weight is 324 g/mol. The van der Waals surface area contributed by atoms with Gasteiger partial charge >= 0.3 is 5.97 Å². The van der Waals surface area contributed by atoms with Crippen molar-refractivity contribution in [3.05, 3.63) is 12.2 Å². The van der Waals surface area contributed by atoms with E-state index < -0.39 is 6.29 Å². The summed E-state index contributed by atoms with van der Waals surface area (Å²) in [7, 11) is 0. The van der Waals surface area contributed by atoms with E-state index in [4.69, 9.17) is 14.2 Å². The van der Waals surface area contributed by atoms with Gasteiger partial charge in [-0.1, -0.05) is 37.8 Å². The number of carbonyl (C=O) groups excluding carboxylic acids is 1. The van der Waals surface area contributed by atoms with Crippen LogP contribution < -0.4 is 0 Å². The van der Waals surface area contributed by atoms with Crippen LogP contribution in [0.1, 0.15) is 65.7 Å². The van der Waals surface area contributed by atoms with E-state index in [9.17, 15) is 4.79 Å². The molecule has 0 radical (unpaired) electrons. The summed E-state index contributed by atoms with van der Waals surface area (Å²) in [4.78, 5) is 11.5. The van der Waals surface area contributed by atoms with Crippen LogP contribution in [0.3, 0.4) is 0 Å². The zero-order valence-corrected chi connectivity index (χ0v) is 14.9. The summed E-state index contributed by atoms with van der Waals surface area (Å²) in [5.41, 5.74) is 0. The number of ether oxygens (including phenoxy) is 3. The third-order valence-electron chi connectivity index (χ3n) is 3.00. The van der Waals surface area contributed by atoms with E-state index in [1.54, 1.807) is 0 Å². The number of hydrogen-bond acceptors (Lipinski definition) is 4. The summed E-state index contributed by atoms with van der Waals surface area (Å²) in [5.74, 6) is 5.92. The molecule has 0 aliphatic carbocycles. The minimum atomic E-state index is -0.416. The van der Waals surface area contributed by atoms with Gasteiger partial charge in [0.25, 0.3) is 0 Å². The van der Waals surface area contributed by atoms with Crippen molar-refractivity contribution >= 4 is 5.97 Å². The first kappa shape index (κ1) is 21.7. The first-order valence-corrected chi connectivity index (χ1v) is 8.76. The molecule has 0 aliphatic heterocycles. The molecule has 4 nitrogen and oxygen atoms in total. The second-order valence-electron chi connectivity index (χ2n) is 5.07. The molecule has 0 unspecified atom stereocenters. The summed E-state index contributed by atoms with van der Waals surface area (Å²) in [6, 6.07) is 0. The van der Waals surface area contributed by atoms with Crippen molar-refractivity contribution in [2.24, 2.45) is 0 Å². The molecule has 0 aromatic carbocycles. The van der Waals surface area contributed by atoms with Gasteiger partial charge in [-0.2, -0.15) is 0 Å². The van der Waals surface area contributed by atoms with Gasteiger partial charge < -0.3 is 14.2 Å². The number of carbonyl (C=O) groups is 1. The topological polar surface area (TPSA) is 44.8 Å². The van der Waals surface area contributed by atoms with Gasteiger partial charge in [-0.25, -0.2) is 0 Å². The molecule has 0 fully saturated rings. The molecule has 0 saturated carbocycles. The first-order chi connectivity index (χ1) is 11.2. The highest BCUT2D eigenvalue weighted by Gasteiger charge is 2.02. The van der Waals surface area contributed by atoms with Crippen LogP contribution in [-0.4, -0.2) is 32.1 Å². The monoisotopic (exact) mass is 324 g/mol. The molecule has 0 aliphatic rings. The number of esters is 1. The lowest BCUT2D eigenvalue weighted by Gasteiger charge is -2.09. The van der Waals surface area contributed by atoms with Crippen LogP contribution in [0.4, 0.5) is 0 Å². The van der Waals surface area contributed by atoms with E-state index in [2.05, 4.69) is 18.8 Å². The van der Waals surface area contributed by atoms with Gasteiger partial charge in [0.05, 0.1) is 0 Å². The van der Waals surface area contributed by atoms with Crippen molar-refractivity contribution in [2.45, 2.75) is 72.0 Å². The number of rotatable bonds is 13. The van der Waals surface area contributed by atoms with Gasteiger partial charge in [0.2, 0.25) is 6.29 Å². The van der Waals surface area contributed by atoms with Crippen LogP contribution in [0.2, 0.25) is 0 Å². The van der Waals surface area contributed by atoms with Crippen molar-refractivity contribution < 1.29 is 19.0 Å². The quantitative estimate of drug-likeness (QED) is 0.167. The van der Waals surface area contributed by atoms with Gasteiger partial charge in [-0.15, -0.1) is 0 Å². The molecule has 0 N–H and O–H groups in total. The largest absolute Gasteiger partial charge is 0.461 e. The highest BCUT2D eigenvalue weighted by Crippen LogP contribution is 2.04. The lowest BCUT2D eigenvalue weighted by Crippen LogP contribution is -2.14. The van der Waals surface area contributed by atoms with Crippen molar-refractivity contribution in [3.8, 4) is 11.8 Å². The predicted octanol–water partition coefficient (Wildman–Crippen LogP) is 4.24. The predicted molar refractivity (Wildman–Crippen MR) is 92.9 cm³/mol. The maximum atomic E-state index is 11.5. The van der Waals surface area contributed by atoms with Crippen LogP contribution in [0, 0.1) is 11.8 Å². The van der Waals surface area contributed by atoms with Gasteiger partial charge in [-0.3, -0.25) is 4.79 Å². The fourth-order valence-electron chi connectivity index (χ4n) is 1.81. The Labute approximate surface area is 141 Å². The van der Waals surface area contributed by atoms with Crippen molar-refractivity contribution in [1.82, 2.24) is 0 Å². The average Bonchev–Trinajstić information content (AvgIpc) is 2.54. The van der Waals surface area contributed by atoms with E-state index in [0.29, 0.717) is 26.2 Å². The number of allylic oxidation sites excluding steroid dienone is 1. The maximum absolute atomic E-state index is 11.5. The SMILES string of the molecule is CCC/C=C/COC(=O)CCCCCC#CC(OCC)OCC. The second-order valence-corrected chi connectivity index (χ2v) is 5.07. The number of unbranched alkanes of at least 4 members (excludes halogenated alkanes) is 4. The van der Waals surface area contributed by atoms with E-state index in [-0.39, 0.29) is 5.97 Å². The molecule has 0 aromatic rings. The molecule has 0 atom stereocenters. The highest BCUT2D eigenvalue weighted by molar-refractivity contribution is 5.69. The molecule has 132 valence electrons. The molecular weight excluding hydrogens is 292 g/mol. The minimum Gasteiger partial charge on any atom is -0.461 e. The smallest absolute Gasteiger partial charge is 0.306 e. The Balaban J connectivity index is 3.59. The third kappa shape index (κ3) is 15.4. The Morgan fingerprint density at radius 3 is 2.43 bits per heavy atom. The Morgan fingerprint density at radius 1 is 1.04 bits per heavy atom. The van der Waals surface area contributed by atoms with E-state index in [1.165, 1.54) is 0 Å².